The first kappa shape index (κ1) is 14.9. The molecule has 0 amide bonds. The highest BCUT2D eigenvalue weighted by atomic mass is 15.6. The maximum Gasteiger partial charge on any atom is 0.0636 e. The number of aromatic nitrogens is 1. The topological polar surface area (TPSA) is 19.4 Å². The van der Waals surface area contributed by atoms with E-state index in [0.717, 1.165) is 38.8 Å². The number of nitrogens with zero attached hydrogens (tertiary/aromatic N) is 3. The minimum atomic E-state index is 1.04. The third-order valence-corrected chi connectivity index (χ3v) is 4.26. The van der Waals surface area contributed by atoms with Crippen LogP contribution in [0.4, 0.5) is 11.4 Å². The molecule has 0 N–H and O–H groups in total. The monoisotopic (exact) mass is 295 g/mol. The number of aryl methyl sites for hydroxylation is 1. The molecule has 2 heterocycles. The Bertz CT molecular complexity index is 624. The van der Waals surface area contributed by atoms with Gasteiger partial charge in [-0.2, -0.15) is 0 Å². The Morgan fingerprint density at radius 3 is 2.82 bits per heavy atom. The molecule has 1 aliphatic heterocycles. The van der Waals surface area contributed by atoms with Crippen molar-refractivity contribution >= 4 is 11.4 Å². The van der Waals surface area contributed by atoms with Crippen LogP contribution in [-0.2, 0) is 12.8 Å². The van der Waals surface area contributed by atoms with Gasteiger partial charge in [-0.05, 0) is 42.5 Å². The predicted molar refractivity (Wildman–Crippen MR) is 93.4 cm³/mol. The highest BCUT2D eigenvalue weighted by molar-refractivity contribution is 5.65. The van der Waals surface area contributed by atoms with E-state index in [9.17, 15) is 0 Å². The number of benzene rings is 1. The van der Waals surface area contributed by atoms with Crippen molar-refractivity contribution in [2.45, 2.75) is 39.5 Å². The second-order valence-electron chi connectivity index (χ2n) is 5.88. The smallest absolute Gasteiger partial charge is 0.0636 e. The van der Waals surface area contributed by atoms with Gasteiger partial charge in [0.25, 0.3) is 0 Å². The molecule has 0 aliphatic carbocycles. The standard InChI is InChI=1S/C19H25N3/c1-3-7-17-15-20-12-10-19(17)21(13-4-2)22-14-11-16-8-5-6-9-18(16)22/h5-6,8-10,12,15H,3-4,7,11,13-14H2,1-2H3. The van der Waals surface area contributed by atoms with Crippen LogP contribution in [0.25, 0.3) is 0 Å². The maximum absolute atomic E-state index is 4.33. The highest BCUT2D eigenvalue weighted by Gasteiger charge is 2.25. The van der Waals surface area contributed by atoms with Crippen molar-refractivity contribution in [3.05, 3.63) is 53.9 Å². The Balaban J connectivity index is 1.98. The van der Waals surface area contributed by atoms with E-state index in [-0.39, 0.29) is 0 Å². The number of fused-ring (bicyclic) bond motifs is 1. The molecular formula is C19H25N3. The molecule has 0 unspecified atom stereocenters. The van der Waals surface area contributed by atoms with Gasteiger partial charge in [0, 0.05) is 25.5 Å². The molecule has 0 saturated carbocycles. The lowest BCUT2D eigenvalue weighted by molar-refractivity contribution is 0.712. The molecule has 3 nitrogen and oxygen atoms in total. The van der Waals surface area contributed by atoms with Crippen LogP contribution in [-0.4, -0.2) is 18.1 Å². The molecule has 3 heteroatoms. The summed E-state index contributed by atoms with van der Waals surface area (Å²) < 4.78 is 0. The first-order valence-electron chi connectivity index (χ1n) is 8.41. The lowest BCUT2D eigenvalue weighted by Crippen LogP contribution is -2.43. The molecule has 0 spiro atoms. The lowest BCUT2D eigenvalue weighted by Gasteiger charge is -2.37. The molecule has 0 atom stereocenters. The van der Waals surface area contributed by atoms with Crippen LogP contribution in [0.3, 0.4) is 0 Å². The zero-order chi connectivity index (χ0) is 15.4. The fourth-order valence-corrected chi connectivity index (χ4v) is 3.29. The molecule has 0 saturated heterocycles. The minimum Gasteiger partial charge on any atom is -0.285 e. The third-order valence-electron chi connectivity index (χ3n) is 4.26. The van der Waals surface area contributed by atoms with Crippen molar-refractivity contribution < 1.29 is 0 Å². The normalized spacial score (nSPS) is 13.3. The fraction of sp³-hybridized carbons (Fsp3) is 0.421. The highest BCUT2D eigenvalue weighted by Crippen LogP contribution is 2.33. The maximum atomic E-state index is 4.33. The van der Waals surface area contributed by atoms with Crippen molar-refractivity contribution in [1.29, 1.82) is 0 Å². The molecule has 2 aromatic rings. The van der Waals surface area contributed by atoms with Crippen LogP contribution in [0.2, 0.25) is 0 Å². The molecule has 0 bridgehead atoms. The van der Waals surface area contributed by atoms with Crippen molar-refractivity contribution in [3.8, 4) is 0 Å². The number of anilines is 2. The van der Waals surface area contributed by atoms with Gasteiger partial charge < -0.3 is 0 Å². The van der Waals surface area contributed by atoms with Crippen molar-refractivity contribution in [1.82, 2.24) is 4.98 Å². The molecule has 1 aromatic carbocycles. The lowest BCUT2D eigenvalue weighted by atomic mass is 10.1. The first-order chi connectivity index (χ1) is 10.8. The average molecular weight is 295 g/mol. The van der Waals surface area contributed by atoms with Gasteiger partial charge in [0.05, 0.1) is 11.4 Å². The van der Waals surface area contributed by atoms with Crippen LogP contribution in [0.1, 0.15) is 37.8 Å². The van der Waals surface area contributed by atoms with Gasteiger partial charge in [-0.3, -0.25) is 15.0 Å². The van der Waals surface area contributed by atoms with E-state index >= 15 is 0 Å². The summed E-state index contributed by atoms with van der Waals surface area (Å²) in [6.07, 6.45) is 8.44. The van der Waals surface area contributed by atoms with Crippen LogP contribution >= 0.6 is 0 Å². The Morgan fingerprint density at radius 2 is 2.00 bits per heavy atom. The molecule has 1 aliphatic rings. The van der Waals surface area contributed by atoms with Crippen LogP contribution in [0, 0.1) is 0 Å². The van der Waals surface area contributed by atoms with Crippen LogP contribution in [0.15, 0.2) is 42.7 Å². The van der Waals surface area contributed by atoms with Gasteiger partial charge in [-0.1, -0.05) is 38.5 Å². The Labute approximate surface area is 133 Å². The molecule has 1 aromatic heterocycles. The molecule has 0 radical (unpaired) electrons. The minimum absolute atomic E-state index is 1.04. The van der Waals surface area contributed by atoms with Gasteiger partial charge >= 0.3 is 0 Å². The summed E-state index contributed by atoms with van der Waals surface area (Å²) in [4.78, 5) is 4.33. The molecule has 3 rings (SSSR count). The summed E-state index contributed by atoms with van der Waals surface area (Å²) in [6.45, 7) is 6.57. The summed E-state index contributed by atoms with van der Waals surface area (Å²) >= 11 is 0. The summed E-state index contributed by atoms with van der Waals surface area (Å²) in [5.41, 5.74) is 5.48. The Hall–Kier alpha value is -2.03. The summed E-state index contributed by atoms with van der Waals surface area (Å²) in [5.74, 6) is 0. The van der Waals surface area contributed by atoms with Gasteiger partial charge in [0.1, 0.15) is 0 Å². The van der Waals surface area contributed by atoms with E-state index in [1.807, 2.05) is 12.4 Å². The Kier molecular flexibility index (Phi) is 4.62. The second kappa shape index (κ2) is 6.82. The number of pyridine rings is 1. The average Bonchev–Trinajstić information content (AvgIpc) is 2.98. The zero-order valence-electron chi connectivity index (χ0n) is 13.6. The number of hydrazine groups is 1. The summed E-state index contributed by atoms with van der Waals surface area (Å²) in [7, 11) is 0. The van der Waals surface area contributed by atoms with E-state index in [0.29, 0.717) is 0 Å². The van der Waals surface area contributed by atoms with E-state index in [1.54, 1.807) is 0 Å². The van der Waals surface area contributed by atoms with Crippen LogP contribution < -0.4 is 10.0 Å². The van der Waals surface area contributed by atoms with E-state index in [4.69, 9.17) is 0 Å². The van der Waals surface area contributed by atoms with E-state index in [2.05, 4.69) is 59.2 Å². The number of hydrogen-bond donors (Lipinski definition) is 0. The van der Waals surface area contributed by atoms with Crippen molar-refractivity contribution in [2.75, 3.05) is 23.1 Å². The summed E-state index contributed by atoms with van der Waals surface area (Å²) in [5, 5.41) is 4.91. The van der Waals surface area contributed by atoms with Crippen molar-refractivity contribution in [3.63, 3.8) is 0 Å². The van der Waals surface area contributed by atoms with E-state index in [1.165, 1.54) is 22.5 Å². The fourth-order valence-electron chi connectivity index (χ4n) is 3.29. The zero-order valence-corrected chi connectivity index (χ0v) is 13.6. The van der Waals surface area contributed by atoms with Gasteiger partial charge in [0.2, 0.25) is 0 Å². The van der Waals surface area contributed by atoms with Gasteiger partial charge in [-0.15, -0.1) is 0 Å². The predicted octanol–water partition coefficient (Wildman–Crippen LogP) is 4.23. The molecular weight excluding hydrogens is 270 g/mol. The molecule has 22 heavy (non-hydrogen) atoms. The second-order valence-corrected chi connectivity index (χ2v) is 5.88. The number of rotatable bonds is 6. The first-order valence-corrected chi connectivity index (χ1v) is 8.41. The molecule has 116 valence electrons. The quantitative estimate of drug-likeness (QED) is 0.795. The molecule has 0 fully saturated rings. The number of para-hydroxylation sites is 1. The van der Waals surface area contributed by atoms with Crippen LogP contribution in [0.5, 0.6) is 0 Å². The SMILES string of the molecule is CCCc1cnccc1N(CCC)N1CCc2ccccc21. The Morgan fingerprint density at radius 1 is 1.14 bits per heavy atom. The van der Waals surface area contributed by atoms with E-state index < -0.39 is 0 Å². The third kappa shape index (κ3) is 2.80. The summed E-state index contributed by atoms with van der Waals surface area (Å²) in [6, 6.07) is 10.9. The number of hydrogen-bond acceptors (Lipinski definition) is 3. The largest absolute Gasteiger partial charge is 0.285 e. The van der Waals surface area contributed by atoms with Gasteiger partial charge in [0.15, 0.2) is 0 Å². The van der Waals surface area contributed by atoms with Gasteiger partial charge in [-0.25, -0.2) is 0 Å². The van der Waals surface area contributed by atoms with Crippen molar-refractivity contribution in [2.24, 2.45) is 0 Å².